The monoisotopic (exact) mass is 560 g/mol. The number of aromatic nitrogens is 3. The van der Waals surface area contributed by atoms with Crippen LogP contribution in [0.5, 0.6) is 0 Å². The third-order valence-electron chi connectivity index (χ3n) is 7.67. The minimum atomic E-state index is -3.09. The van der Waals surface area contributed by atoms with Gasteiger partial charge in [-0.3, -0.25) is 4.79 Å². The summed E-state index contributed by atoms with van der Waals surface area (Å²) in [6.07, 6.45) is 1.64. The molecule has 2 N–H and O–H groups in total. The van der Waals surface area contributed by atoms with Gasteiger partial charge >= 0.3 is 6.09 Å². The zero-order chi connectivity index (χ0) is 32.9. The number of pyridine rings is 1. The number of amides is 2. The number of nitrogens with zero attached hydrogens (tertiary/aromatic N) is 3. The molecule has 2 aliphatic carbocycles. The highest BCUT2D eigenvalue weighted by Crippen LogP contribution is 2.51. The Kier molecular flexibility index (Phi) is 6.49. The Morgan fingerprint density at radius 2 is 1.95 bits per heavy atom. The lowest BCUT2D eigenvalue weighted by molar-refractivity contribution is -0.120. The second-order valence-corrected chi connectivity index (χ2v) is 12.1. The van der Waals surface area contributed by atoms with E-state index in [0.29, 0.717) is 24.9 Å². The van der Waals surface area contributed by atoms with Gasteiger partial charge in [0.05, 0.1) is 5.69 Å². The summed E-state index contributed by atoms with van der Waals surface area (Å²) in [5, 5.41) is 9.83. The lowest BCUT2D eigenvalue weighted by atomic mass is 9.89. The molecule has 10 heteroatoms. The number of halogens is 1. The van der Waals surface area contributed by atoms with Gasteiger partial charge in [-0.25, -0.2) is 14.5 Å². The third kappa shape index (κ3) is 6.48. The van der Waals surface area contributed by atoms with Gasteiger partial charge in [0.15, 0.2) is 0 Å². The molecule has 5 rings (SSSR count). The molecule has 3 heterocycles. The summed E-state index contributed by atoms with van der Waals surface area (Å²) in [5.74, 6) is -1.17. The van der Waals surface area contributed by atoms with E-state index in [0.717, 1.165) is 38.5 Å². The SMILES string of the molecule is [2H]C([2H])([2H])C([2H])([2H])c1c(-c2ccc(NC(=O)[C@@H](NC(=O)OC(C)(C)C)C(C3CC3)C3CC3)nc2F)c(C)nn1[C@@H]1CCCCO1. The second-order valence-electron chi connectivity index (χ2n) is 12.1. The molecule has 40 heavy (non-hydrogen) atoms. The Hall–Kier alpha value is -3.01. The molecule has 2 atom stereocenters. The predicted octanol–water partition coefficient (Wildman–Crippen LogP) is 5.92. The first-order chi connectivity index (χ1) is 21.0. The summed E-state index contributed by atoms with van der Waals surface area (Å²) >= 11 is 0. The molecule has 3 aliphatic rings. The van der Waals surface area contributed by atoms with E-state index in [4.69, 9.17) is 16.3 Å². The summed E-state index contributed by atoms with van der Waals surface area (Å²) in [6.45, 7) is 4.07. The van der Waals surface area contributed by atoms with Gasteiger partial charge in [-0.2, -0.15) is 9.49 Å². The second kappa shape index (κ2) is 11.5. The van der Waals surface area contributed by atoms with Crippen LogP contribution in [0.1, 0.15) is 97.0 Å². The highest BCUT2D eigenvalue weighted by atomic mass is 19.1. The standard InChI is InChI=1S/C30H42FN5O4/c1-6-21-24(17(2)35-36(21)23-9-7-8-16-39-23)20-14-15-22(32-27(20)31)33-28(37)26(34-29(38)40-30(3,4)5)25(18-10-11-18)19-12-13-19/h14-15,18-19,23,25-26H,6-13,16H2,1-5H3,(H,34,38)(H,32,33,37)/t23-,26-/m0/s1/i1D3,6D2. The number of hydrogen-bond acceptors (Lipinski definition) is 6. The molecule has 2 saturated carbocycles. The highest BCUT2D eigenvalue weighted by Gasteiger charge is 2.48. The summed E-state index contributed by atoms with van der Waals surface area (Å²) in [5.41, 5.74) is -1.05. The van der Waals surface area contributed by atoms with Crippen LogP contribution in [0.4, 0.5) is 15.0 Å². The Labute approximate surface area is 242 Å². The van der Waals surface area contributed by atoms with E-state index in [1.807, 2.05) is 0 Å². The van der Waals surface area contributed by atoms with Crippen LogP contribution < -0.4 is 10.6 Å². The predicted molar refractivity (Wildman–Crippen MR) is 149 cm³/mol. The molecule has 2 aromatic heterocycles. The molecular weight excluding hydrogens is 513 g/mol. The molecule has 0 aromatic carbocycles. The Balaban J connectivity index is 1.46. The largest absolute Gasteiger partial charge is 0.444 e. The number of carbonyl (C=O) groups excluding carboxylic acids is 2. The van der Waals surface area contributed by atoms with Crippen LogP contribution in [-0.2, 0) is 20.6 Å². The molecule has 2 aromatic rings. The molecule has 0 unspecified atom stereocenters. The molecule has 3 fully saturated rings. The fourth-order valence-electron chi connectivity index (χ4n) is 5.67. The van der Waals surface area contributed by atoms with Gasteiger partial charge in [0, 0.05) is 30.3 Å². The molecule has 218 valence electrons. The van der Waals surface area contributed by atoms with Gasteiger partial charge in [0.1, 0.15) is 23.7 Å². The lowest BCUT2D eigenvalue weighted by Gasteiger charge is -2.29. The molecule has 0 bridgehead atoms. The maximum Gasteiger partial charge on any atom is 0.408 e. The zero-order valence-electron chi connectivity index (χ0n) is 28.6. The maximum absolute atomic E-state index is 15.8. The van der Waals surface area contributed by atoms with E-state index in [9.17, 15) is 9.59 Å². The average molecular weight is 561 g/mol. The summed E-state index contributed by atoms with van der Waals surface area (Å²) in [4.78, 5) is 30.3. The smallest absolute Gasteiger partial charge is 0.408 e. The number of hydrogen-bond donors (Lipinski definition) is 2. The Bertz CT molecular complexity index is 1420. The number of carbonyl (C=O) groups is 2. The molecule has 0 spiro atoms. The van der Waals surface area contributed by atoms with E-state index in [2.05, 4.69) is 20.7 Å². The summed E-state index contributed by atoms with van der Waals surface area (Å²) < 4.78 is 69.3. The van der Waals surface area contributed by atoms with Gasteiger partial charge in [-0.1, -0.05) is 6.85 Å². The highest BCUT2D eigenvalue weighted by molar-refractivity contribution is 5.96. The van der Waals surface area contributed by atoms with E-state index < -0.39 is 49.0 Å². The van der Waals surface area contributed by atoms with Crippen molar-refractivity contribution in [1.29, 1.82) is 0 Å². The van der Waals surface area contributed by atoms with Crippen molar-refractivity contribution in [2.24, 2.45) is 17.8 Å². The van der Waals surface area contributed by atoms with Crippen LogP contribution in [0, 0.1) is 30.6 Å². The van der Waals surface area contributed by atoms with Crippen LogP contribution in [0.25, 0.3) is 11.1 Å². The first kappa shape index (κ1) is 22.7. The van der Waals surface area contributed by atoms with Gasteiger partial charge in [0.2, 0.25) is 11.9 Å². The topological polar surface area (TPSA) is 107 Å². The molecule has 9 nitrogen and oxygen atoms in total. The quantitative estimate of drug-likeness (QED) is 0.369. The lowest BCUT2D eigenvalue weighted by Crippen LogP contribution is -2.51. The third-order valence-corrected chi connectivity index (χ3v) is 7.67. The number of rotatable bonds is 9. The first-order valence-electron chi connectivity index (χ1n) is 16.7. The normalized spacial score (nSPS) is 22.9. The van der Waals surface area contributed by atoms with E-state index in [-0.39, 0.29) is 34.3 Å². The molecule has 1 aliphatic heterocycles. The average Bonchev–Trinajstić information content (AvgIpc) is 3.87. The van der Waals surface area contributed by atoms with Crippen molar-refractivity contribution >= 4 is 17.8 Å². The number of nitrogens with one attached hydrogen (secondary N) is 2. The van der Waals surface area contributed by atoms with Crippen molar-refractivity contribution in [3.05, 3.63) is 29.5 Å². The first-order valence-corrected chi connectivity index (χ1v) is 14.2. The number of ether oxygens (including phenoxy) is 2. The van der Waals surface area contributed by atoms with Gasteiger partial charge < -0.3 is 20.1 Å². The van der Waals surface area contributed by atoms with Crippen molar-refractivity contribution in [2.75, 3.05) is 11.9 Å². The van der Waals surface area contributed by atoms with Crippen molar-refractivity contribution in [1.82, 2.24) is 20.1 Å². The van der Waals surface area contributed by atoms with Crippen LogP contribution in [0.3, 0.4) is 0 Å². The summed E-state index contributed by atoms with van der Waals surface area (Å²) in [7, 11) is 0. The summed E-state index contributed by atoms with van der Waals surface area (Å²) in [6, 6.07) is 1.79. The number of alkyl carbamates (subject to hydrolysis) is 1. The van der Waals surface area contributed by atoms with Crippen molar-refractivity contribution < 1.29 is 30.3 Å². The zero-order valence-corrected chi connectivity index (χ0v) is 23.6. The van der Waals surface area contributed by atoms with E-state index in [1.54, 1.807) is 27.7 Å². The molecule has 1 saturated heterocycles. The Morgan fingerprint density at radius 1 is 1.23 bits per heavy atom. The van der Waals surface area contributed by atoms with Crippen LogP contribution in [-0.4, -0.2) is 45.0 Å². The van der Waals surface area contributed by atoms with Crippen LogP contribution in [0.15, 0.2) is 12.1 Å². The Morgan fingerprint density at radius 3 is 2.52 bits per heavy atom. The number of anilines is 1. The molecule has 0 radical (unpaired) electrons. The molecular formula is C30H42FN5O4. The minimum absolute atomic E-state index is 0.0276. The van der Waals surface area contributed by atoms with Crippen molar-refractivity contribution in [3.63, 3.8) is 0 Å². The van der Waals surface area contributed by atoms with E-state index >= 15 is 4.39 Å². The van der Waals surface area contributed by atoms with Crippen LogP contribution in [0.2, 0.25) is 0 Å². The van der Waals surface area contributed by atoms with Gasteiger partial charge in [-0.15, -0.1) is 0 Å². The fraction of sp³-hybridized carbons (Fsp3) is 0.667. The van der Waals surface area contributed by atoms with Crippen LogP contribution >= 0.6 is 0 Å². The number of aryl methyl sites for hydroxylation is 1. The van der Waals surface area contributed by atoms with Crippen molar-refractivity contribution in [3.8, 4) is 11.1 Å². The van der Waals surface area contributed by atoms with Gasteiger partial charge in [-0.05, 0) is 109 Å². The molecule has 2 amide bonds. The fourth-order valence-corrected chi connectivity index (χ4v) is 5.67. The minimum Gasteiger partial charge on any atom is -0.444 e. The van der Waals surface area contributed by atoms with Crippen molar-refractivity contribution in [2.45, 2.75) is 104 Å². The van der Waals surface area contributed by atoms with Gasteiger partial charge in [0.25, 0.3) is 0 Å². The van der Waals surface area contributed by atoms with E-state index in [1.165, 1.54) is 16.8 Å². The maximum atomic E-state index is 15.8.